The average molecular weight is 538 g/mol. The number of benzene rings is 4. The van der Waals surface area contributed by atoms with Crippen molar-refractivity contribution in [3.8, 4) is 0 Å². The third-order valence-corrected chi connectivity index (χ3v) is 7.28. The molecule has 5 heteroatoms. The molecule has 1 N–H and O–H groups in total. The number of piperidine rings is 1. The Balaban J connectivity index is 1.36. The van der Waals surface area contributed by atoms with E-state index in [1.54, 1.807) is 0 Å². The van der Waals surface area contributed by atoms with Crippen LogP contribution in [0.4, 0.5) is 0 Å². The van der Waals surface area contributed by atoms with Gasteiger partial charge in [-0.15, -0.1) is 0 Å². The Kier molecular flexibility index (Phi) is 10.5. The summed E-state index contributed by atoms with van der Waals surface area (Å²) >= 11 is 0. The Hall–Kier alpha value is -3.32. The number of hydrogen-bond donors (Lipinski definition) is 1. The molecule has 1 saturated heterocycles. The summed E-state index contributed by atoms with van der Waals surface area (Å²) in [5.74, 6) is 0. The molecule has 40 heavy (non-hydrogen) atoms. The average Bonchev–Trinajstić information content (AvgIpc) is 3.01. The maximum atomic E-state index is 6.69. The van der Waals surface area contributed by atoms with Crippen molar-refractivity contribution in [1.29, 1.82) is 0 Å². The topological polar surface area (TPSA) is 49.0 Å². The first-order chi connectivity index (χ1) is 19.8. The molecule has 4 aromatic carbocycles. The highest BCUT2D eigenvalue weighted by Crippen LogP contribution is 2.27. The van der Waals surface area contributed by atoms with Crippen LogP contribution in [0, 0.1) is 0 Å². The van der Waals surface area contributed by atoms with Crippen molar-refractivity contribution in [3.63, 3.8) is 0 Å². The lowest BCUT2D eigenvalue weighted by molar-refractivity contribution is -0.192. The predicted molar refractivity (Wildman–Crippen MR) is 158 cm³/mol. The van der Waals surface area contributed by atoms with Crippen LogP contribution in [-0.2, 0) is 45.4 Å². The first-order valence-electron chi connectivity index (χ1n) is 14.1. The fourth-order valence-electron chi connectivity index (χ4n) is 5.19. The van der Waals surface area contributed by atoms with Gasteiger partial charge in [0.2, 0.25) is 0 Å². The number of nitrogens with one attached hydrogen (secondary N) is 1. The largest absolute Gasteiger partial charge is 0.375 e. The van der Waals surface area contributed by atoms with E-state index in [4.69, 9.17) is 18.9 Å². The van der Waals surface area contributed by atoms with Gasteiger partial charge in [-0.1, -0.05) is 121 Å². The highest BCUT2D eigenvalue weighted by Gasteiger charge is 2.45. The summed E-state index contributed by atoms with van der Waals surface area (Å²) in [5, 5.41) is 3.75. The smallest absolute Gasteiger partial charge is 0.113 e. The van der Waals surface area contributed by atoms with Gasteiger partial charge in [-0.25, -0.2) is 0 Å². The van der Waals surface area contributed by atoms with Gasteiger partial charge in [0.1, 0.15) is 18.3 Å². The molecule has 0 aliphatic carbocycles. The van der Waals surface area contributed by atoms with E-state index in [0.29, 0.717) is 33.0 Å². The molecule has 5 atom stereocenters. The molecule has 0 radical (unpaired) electrons. The molecule has 0 saturated carbocycles. The Morgan fingerprint density at radius 1 is 0.475 bits per heavy atom. The maximum absolute atomic E-state index is 6.69. The second-order valence-electron chi connectivity index (χ2n) is 10.3. The van der Waals surface area contributed by atoms with E-state index in [2.05, 4.69) is 60.8 Å². The number of ether oxygens (including phenoxy) is 4. The van der Waals surface area contributed by atoms with Gasteiger partial charge < -0.3 is 24.3 Å². The standard InChI is InChI=1S/C35H39NO4/c1-27-33(38-23-29-16-8-3-9-17-29)35(40-25-31-20-12-5-13-21-31)34(39-24-30-18-10-4-11-19-30)32(36-27)26-37-22-28-14-6-2-7-15-28/h2-21,27,32-36H,22-26H2,1H3/t27-,32+,33+,34?,35?/m0/s1. The molecule has 5 nitrogen and oxygen atoms in total. The zero-order valence-electron chi connectivity index (χ0n) is 23.1. The highest BCUT2D eigenvalue weighted by molar-refractivity contribution is 5.16. The molecule has 1 aliphatic heterocycles. The molecule has 0 aromatic heterocycles. The van der Waals surface area contributed by atoms with Gasteiger partial charge in [0, 0.05) is 6.04 Å². The minimum atomic E-state index is -0.297. The van der Waals surface area contributed by atoms with E-state index in [1.807, 2.05) is 72.8 Å². The van der Waals surface area contributed by atoms with E-state index in [-0.39, 0.29) is 30.4 Å². The summed E-state index contributed by atoms with van der Waals surface area (Å²) in [4.78, 5) is 0. The van der Waals surface area contributed by atoms with Crippen LogP contribution in [0.1, 0.15) is 29.2 Å². The Morgan fingerprint density at radius 3 is 1.30 bits per heavy atom. The SMILES string of the molecule is C[C@@H]1N[C@H](COCc2ccccc2)C(OCc2ccccc2)C(OCc2ccccc2)[C@@H]1OCc1ccccc1. The van der Waals surface area contributed by atoms with Crippen LogP contribution in [0.2, 0.25) is 0 Å². The van der Waals surface area contributed by atoms with Crippen molar-refractivity contribution in [2.24, 2.45) is 0 Å². The summed E-state index contributed by atoms with van der Waals surface area (Å²) < 4.78 is 26.2. The molecule has 4 aromatic rings. The second kappa shape index (κ2) is 14.9. The third-order valence-electron chi connectivity index (χ3n) is 7.28. The van der Waals surface area contributed by atoms with E-state index in [9.17, 15) is 0 Å². The van der Waals surface area contributed by atoms with Crippen molar-refractivity contribution >= 4 is 0 Å². The zero-order chi connectivity index (χ0) is 27.4. The summed E-state index contributed by atoms with van der Waals surface area (Å²) in [6.45, 7) is 4.66. The summed E-state index contributed by atoms with van der Waals surface area (Å²) in [7, 11) is 0. The molecular formula is C35H39NO4. The molecule has 0 spiro atoms. The van der Waals surface area contributed by atoms with E-state index < -0.39 is 0 Å². The molecule has 0 amide bonds. The molecule has 1 heterocycles. The molecule has 0 bridgehead atoms. The number of hydrogen-bond acceptors (Lipinski definition) is 5. The van der Waals surface area contributed by atoms with Crippen molar-refractivity contribution < 1.29 is 18.9 Å². The van der Waals surface area contributed by atoms with Crippen molar-refractivity contribution in [3.05, 3.63) is 144 Å². The maximum Gasteiger partial charge on any atom is 0.113 e. The predicted octanol–water partition coefficient (Wildman–Crippen LogP) is 6.32. The van der Waals surface area contributed by atoms with Gasteiger partial charge in [0.25, 0.3) is 0 Å². The Labute approximate surface area is 238 Å². The molecular weight excluding hydrogens is 498 g/mol. The third kappa shape index (κ3) is 8.10. The number of rotatable bonds is 13. The molecule has 1 aliphatic rings. The highest BCUT2D eigenvalue weighted by atomic mass is 16.6. The van der Waals surface area contributed by atoms with E-state index >= 15 is 0 Å². The van der Waals surface area contributed by atoms with Gasteiger partial charge in [0.15, 0.2) is 0 Å². The first-order valence-corrected chi connectivity index (χ1v) is 14.1. The lowest BCUT2D eigenvalue weighted by atomic mass is 9.90. The van der Waals surface area contributed by atoms with Gasteiger partial charge in [0.05, 0.1) is 39.1 Å². The monoisotopic (exact) mass is 537 g/mol. The quantitative estimate of drug-likeness (QED) is 0.216. The summed E-state index contributed by atoms with van der Waals surface area (Å²) in [6, 6.07) is 41.0. The molecule has 5 rings (SSSR count). The molecule has 1 fully saturated rings. The van der Waals surface area contributed by atoms with Crippen molar-refractivity contribution in [1.82, 2.24) is 5.32 Å². The van der Waals surface area contributed by atoms with E-state index in [1.165, 1.54) is 0 Å². The fraction of sp³-hybridized carbons (Fsp3) is 0.314. The minimum absolute atomic E-state index is 0.0337. The minimum Gasteiger partial charge on any atom is -0.375 e. The van der Waals surface area contributed by atoms with Crippen LogP contribution < -0.4 is 5.32 Å². The van der Waals surface area contributed by atoms with Gasteiger partial charge in [-0.05, 0) is 29.2 Å². The molecule has 2 unspecified atom stereocenters. The lowest BCUT2D eigenvalue weighted by Gasteiger charge is -2.46. The van der Waals surface area contributed by atoms with Gasteiger partial charge >= 0.3 is 0 Å². The summed E-state index contributed by atoms with van der Waals surface area (Å²) in [5.41, 5.74) is 4.52. The Bertz CT molecular complexity index is 1240. The van der Waals surface area contributed by atoms with Gasteiger partial charge in [-0.3, -0.25) is 0 Å². The van der Waals surface area contributed by atoms with Crippen molar-refractivity contribution in [2.45, 2.75) is 63.7 Å². The van der Waals surface area contributed by atoms with Crippen LogP contribution in [0.25, 0.3) is 0 Å². The fourth-order valence-corrected chi connectivity index (χ4v) is 5.19. The van der Waals surface area contributed by atoms with Crippen LogP contribution in [0.15, 0.2) is 121 Å². The van der Waals surface area contributed by atoms with E-state index in [0.717, 1.165) is 22.3 Å². The summed E-state index contributed by atoms with van der Waals surface area (Å²) in [6.07, 6.45) is -0.791. The first kappa shape index (κ1) is 28.2. The Morgan fingerprint density at radius 2 is 0.850 bits per heavy atom. The zero-order valence-corrected chi connectivity index (χ0v) is 23.1. The molecule has 208 valence electrons. The van der Waals surface area contributed by atoms with Crippen LogP contribution >= 0.6 is 0 Å². The van der Waals surface area contributed by atoms with Crippen LogP contribution in [0.3, 0.4) is 0 Å². The van der Waals surface area contributed by atoms with Crippen LogP contribution in [-0.4, -0.2) is 37.0 Å². The second-order valence-corrected chi connectivity index (χ2v) is 10.3. The normalized spacial score (nSPS) is 22.7. The van der Waals surface area contributed by atoms with Crippen LogP contribution in [0.5, 0.6) is 0 Å². The lowest BCUT2D eigenvalue weighted by Crippen LogP contribution is -2.67. The van der Waals surface area contributed by atoms with Crippen molar-refractivity contribution in [2.75, 3.05) is 6.61 Å². The van der Waals surface area contributed by atoms with Gasteiger partial charge in [-0.2, -0.15) is 0 Å².